The number of carbonyl (C=O) groups excluding carboxylic acids is 1. The number of carbonyl (C=O) groups is 1. The monoisotopic (exact) mass is 270 g/mol. The van der Waals surface area contributed by atoms with Crippen LogP contribution >= 0.6 is 0 Å². The molecule has 3 heteroatoms. The SMILES string of the molecule is [C-]#[N+]C1(C(=O)NC(C)Cc2ccc(C)cc2)CCCC1. The average Bonchev–Trinajstić information content (AvgIpc) is 2.91. The topological polar surface area (TPSA) is 33.5 Å². The lowest BCUT2D eigenvalue weighted by Gasteiger charge is -2.19. The van der Waals surface area contributed by atoms with Crippen LogP contribution in [0.4, 0.5) is 0 Å². The molecule has 0 heterocycles. The molecule has 0 aromatic heterocycles. The molecular weight excluding hydrogens is 248 g/mol. The van der Waals surface area contributed by atoms with E-state index in [1.807, 2.05) is 6.92 Å². The van der Waals surface area contributed by atoms with E-state index in [1.165, 1.54) is 11.1 Å². The molecule has 1 amide bonds. The van der Waals surface area contributed by atoms with Crippen LogP contribution in [-0.4, -0.2) is 17.5 Å². The van der Waals surface area contributed by atoms with Crippen molar-refractivity contribution >= 4 is 5.91 Å². The number of amides is 1. The Morgan fingerprint density at radius 2 is 1.95 bits per heavy atom. The minimum Gasteiger partial charge on any atom is -0.346 e. The second kappa shape index (κ2) is 6.09. The fourth-order valence-electron chi connectivity index (χ4n) is 2.84. The van der Waals surface area contributed by atoms with Crippen LogP contribution in [0.25, 0.3) is 4.85 Å². The summed E-state index contributed by atoms with van der Waals surface area (Å²) >= 11 is 0. The third-order valence-electron chi connectivity index (χ3n) is 4.11. The summed E-state index contributed by atoms with van der Waals surface area (Å²) in [5, 5.41) is 3.02. The van der Waals surface area contributed by atoms with Crippen LogP contribution in [0.2, 0.25) is 0 Å². The van der Waals surface area contributed by atoms with Crippen molar-refractivity contribution in [1.29, 1.82) is 0 Å². The van der Waals surface area contributed by atoms with Gasteiger partial charge in [0.25, 0.3) is 0 Å². The van der Waals surface area contributed by atoms with E-state index in [0.29, 0.717) is 12.8 Å². The zero-order valence-electron chi connectivity index (χ0n) is 12.3. The van der Waals surface area contributed by atoms with Gasteiger partial charge >= 0.3 is 11.4 Å². The first-order valence-corrected chi connectivity index (χ1v) is 7.31. The van der Waals surface area contributed by atoms with Gasteiger partial charge in [-0.2, -0.15) is 0 Å². The normalized spacial score (nSPS) is 18.2. The van der Waals surface area contributed by atoms with Gasteiger partial charge in [-0.25, -0.2) is 6.57 Å². The molecule has 1 aromatic rings. The fraction of sp³-hybridized carbons (Fsp3) is 0.529. The van der Waals surface area contributed by atoms with Gasteiger partial charge in [0.2, 0.25) is 0 Å². The average molecular weight is 270 g/mol. The molecule has 0 aliphatic heterocycles. The molecule has 0 saturated heterocycles. The Balaban J connectivity index is 1.94. The minimum absolute atomic E-state index is 0.0597. The van der Waals surface area contributed by atoms with Gasteiger partial charge in [-0.3, -0.25) is 9.64 Å². The highest BCUT2D eigenvalue weighted by Gasteiger charge is 2.48. The van der Waals surface area contributed by atoms with Crippen molar-refractivity contribution in [1.82, 2.24) is 5.32 Å². The third-order valence-corrected chi connectivity index (χ3v) is 4.11. The van der Waals surface area contributed by atoms with E-state index in [4.69, 9.17) is 6.57 Å². The molecule has 1 aromatic carbocycles. The van der Waals surface area contributed by atoms with Crippen molar-refractivity contribution in [3.05, 3.63) is 46.8 Å². The second-order valence-electron chi connectivity index (χ2n) is 5.91. The summed E-state index contributed by atoms with van der Waals surface area (Å²) in [5.41, 5.74) is 1.66. The number of rotatable bonds is 4. The largest absolute Gasteiger partial charge is 0.346 e. The van der Waals surface area contributed by atoms with Crippen LogP contribution < -0.4 is 5.32 Å². The molecule has 0 bridgehead atoms. The van der Waals surface area contributed by atoms with Gasteiger partial charge in [0.1, 0.15) is 0 Å². The Hall–Kier alpha value is -1.82. The summed E-state index contributed by atoms with van der Waals surface area (Å²) in [5.74, 6) is -0.0791. The predicted molar refractivity (Wildman–Crippen MR) is 80.3 cm³/mol. The van der Waals surface area contributed by atoms with E-state index in [0.717, 1.165) is 19.3 Å². The van der Waals surface area contributed by atoms with Crippen LogP contribution in [0.3, 0.4) is 0 Å². The molecule has 0 spiro atoms. The summed E-state index contributed by atoms with van der Waals surface area (Å²) in [7, 11) is 0. The fourth-order valence-corrected chi connectivity index (χ4v) is 2.84. The molecule has 1 unspecified atom stereocenters. The first-order chi connectivity index (χ1) is 9.55. The summed E-state index contributed by atoms with van der Waals surface area (Å²) in [4.78, 5) is 16.0. The van der Waals surface area contributed by atoms with Crippen LogP contribution in [0.1, 0.15) is 43.7 Å². The number of hydrogen-bond donors (Lipinski definition) is 1. The van der Waals surface area contributed by atoms with Gasteiger partial charge in [-0.15, -0.1) is 0 Å². The van der Waals surface area contributed by atoms with Crippen LogP contribution in [-0.2, 0) is 11.2 Å². The Morgan fingerprint density at radius 3 is 2.50 bits per heavy atom. The molecule has 1 saturated carbocycles. The molecular formula is C17H22N2O. The highest BCUT2D eigenvalue weighted by molar-refractivity contribution is 5.88. The summed E-state index contributed by atoms with van der Waals surface area (Å²) < 4.78 is 0. The van der Waals surface area contributed by atoms with E-state index in [9.17, 15) is 4.79 Å². The molecule has 2 rings (SSSR count). The summed E-state index contributed by atoms with van der Waals surface area (Å²) in [6.07, 6.45) is 4.20. The van der Waals surface area contributed by atoms with Crippen LogP contribution in [0.15, 0.2) is 24.3 Å². The van der Waals surface area contributed by atoms with Crippen LogP contribution in [0.5, 0.6) is 0 Å². The van der Waals surface area contributed by atoms with Gasteiger partial charge in [0.05, 0.1) is 0 Å². The maximum atomic E-state index is 12.3. The standard InChI is InChI=1S/C17H22N2O/c1-13-6-8-15(9-7-13)12-14(2)19-16(20)17(18-3)10-4-5-11-17/h6-9,14H,4-5,10-12H2,1-2H3,(H,19,20). The zero-order valence-corrected chi connectivity index (χ0v) is 12.3. The Kier molecular flexibility index (Phi) is 4.44. The highest BCUT2D eigenvalue weighted by Crippen LogP contribution is 2.33. The first-order valence-electron chi connectivity index (χ1n) is 7.31. The van der Waals surface area contributed by atoms with Gasteiger partial charge in [-0.1, -0.05) is 29.8 Å². The molecule has 20 heavy (non-hydrogen) atoms. The Bertz CT molecular complexity index is 507. The molecule has 1 aliphatic carbocycles. The van der Waals surface area contributed by atoms with Crippen molar-refractivity contribution in [2.75, 3.05) is 0 Å². The Morgan fingerprint density at radius 1 is 1.35 bits per heavy atom. The van der Waals surface area contributed by atoms with Crippen molar-refractivity contribution in [2.24, 2.45) is 0 Å². The van der Waals surface area contributed by atoms with Gasteiger partial charge in [0, 0.05) is 18.9 Å². The van der Waals surface area contributed by atoms with E-state index in [2.05, 4.69) is 41.4 Å². The molecule has 3 nitrogen and oxygen atoms in total. The second-order valence-corrected chi connectivity index (χ2v) is 5.91. The van der Waals surface area contributed by atoms with Gasteiger partial charge in [0.15, 0.2) is 0 Å². The number of nitrogens with zero attached hydrogens (tertiary/aromatic N) is 1. The maximum Gasteiger partial charge on any atom is 0.308 e. The Labute approximate surface area is 121 Å². The molecule has 1 aliphatic rings. The molecule has 1 atom stereocenters. The predicted octanol–water partition coefficient (Wildman–Crippen LogP) is 3.27. The third kappa shape index (κ3) is 3.19. The molecule has 106 valence electrons. The smallest absolute Gasteiger partial charge is 0.308 e. The van der Waals surface area contributed by atoms with Crippen molar-refractivity contribution in [3.8, 4) is 0 Å². The first kappa shape index (κ1) is 14.6. The maximum absolute atomic E-state index is 12.3. The minimum atomic E-state index is -0.790. The van der Waals surface area contributed by atoms with E-state index in [1.54, 1.807) is 0 Å². The number of nitrogens with one attached hydrogen (secondary N) is 1. The zero-order chi connectivity index (χ0) is 14.6. The molecule has 0 radical (unpaired) electrons. The lowest BCUT2D eigenvalue weighted by Crippen LogP contribution is -2.46. The van der Waals surface area contributed by atoms with Crippen LogP contribution in [0, 0.1) is 13.5 Å². The quantitative estimate of drug-likeness (QED) is 0.837. The molecule has 1 fully saturated rings. The number of aryl methyl sites for hydroxylation is 1. The van der Waals surface area contributed by atoms with Crippen molar-refractivity contribution in [3.63, 3.8) is 0 Å². The lowest BCUT2D eigenvalue weighted by atomic mass is 9.96. The molecule has 1 N–H and O–H groups in total. The number of benzene rings is 1. The van der Waals surface area contributed by atoms with E-state index >= 15 is 0 Å². The lowest BCUT2D eigenvalue weighted by molar-refractivity contribution is -0.125. The van der Waals surface area contributed by atoms with E-state index in [-0.39, 0.29) is 11.9 Å². The van der Waals surface area contributed by atoms with Gasteiger partial charge < -0.3 is 5.32 Å². The van der Waals surface area contributed by atoms with E-state index < -0.39 is 5.54 Å². The van der Waals surface area contributed by atoms with Crippen molar-refractivity contribution in [2.45, 2.75) is 57.5 Å². The van der Waals surface area contributed by atoms with Crippen molar-refractivity contribution < 1.29 is 4.79 Å². The highest BCUT2D eigenvalue weighted by atomic mass is 16.2. The van der Waals surface area contributed by atoms with Gasteiger partial charge in [-0.05, 0) is 38.7 Å². The summed E-state index contributed by atoms with van der Waals surface area (Å²) in [6.45, 7) is 11.4. The number of hydrogen-bond acceptors (Lipinski definition) is 1. The summed E-state index contributed by atoms with van der Waals surface area (Å²) in [6, 6.07) is 8.42.